The predicted octanol–water partition coefficient (Wildman–Crippen LogP) is 3.39. The third-order valence-corrected chi connectivity index (χ3v) is 4.54. The first-order valence-corrected chi connectivity index (χ1v) is 8.20. The fourth-order valence-electron chi connectivity index (χ4n) is 3.04. The van der Waals surface area contributed by atoms with Crippen LogP contribution in [0.2, 0.25) is 0 Å². The van der Waals surface area contributed by atoms with Gasteiger partial charge in [-0.3, -0.25) is 20.1 Å². The lowest BCUT2D eigenvalue weighted by Gasteiger charge is -2.19. The zero-order chi connectivity index (χ0) is 18.2. The number of nitrogens with zero attached hydrogens (tertiary/aromatic N) is 2. The Labute approximate surface area is 147 Å². The van der Waals surface area contributed by atoms with Crippen molar-refractivity contribution >= 4 is 17.4 Å². The van der Waals surface area contributed by atoms with Crippen molar-refractivity contribution in [1.29, 1.82) is 5.41 Å². The summed E-state index contributed by atoms with van der Waals surface area (Å²) in [6.45, 7) is 5.75. The van der Waals surface area contributed by atoms with Crippen molar-refractivity contribution in [2.24, 2.45) is 0 Å². The lowest BCUT2D eigenvalue weighted by molar-refractivity contribution is -0.121. The van der Waals surface area contributed by atoms with Crippen molar-refractivity contribution in [3.05, 3.63) is 60.1 Å². The van der Waals surface area contributed by atoms with Gasteiger partial charge in [-0.15, -0.1) is 0 Å². The molecule has 0 aliphatic carbocycles. The number of aromatic nitrogens is 1. The van der Waals surface area contributed by atoms with Crippen molar-refractivity contribution < 1.29 is 4.79 Å². The van der Waals surface area contributed by atoms with Crippen LogP contribution in [-0.2, 0) is 10.2 Å². The molecule has 0 spiro atoms. The molecule has 1 aromatic heterocycles. The summed E-state index contributed by atoms with van der Waals surface area (Å²) >= 11 is 0. The molecule has 1 aliphatic rings. The minimum absolute atomic E-state index is 0.0903. The molecule has 0 fully saturated rings. The van der Waals surface area contributed by atoms with E-state index < -0.39 is 5.41 Å². The quantitative estimate of drug-likeness (QED) is 0.668. The molecule has 1 aromatic carbocycles. The molecule has 128 valence electrons. The number of benzene rings is 1. The first-order chi connectivity index (χ1) is 11.9. The maximum absolute atomic E-state index is 12.9. The van der Waals surface area contributed by atoms with Crippen LogP contribution < -0.4 is 10.2 Å². The molecule has 0 atom stereocenters. The van der Waals surface area contributed by atoms with Crippen molar-refractivity contribution in [1.82, 2.24) is 10.3 Å². The third kappa shape index (κ3) is 2.82. The van der Waals surface area contributed by atoms with Crippen molar-refractivity contribution in [2.75, 3.05) is 11.9 Å². The van der Waals surface area contributed by atoms with Crippen LogP contribution in [0, 0.1) is 12.3 Å². The number of pyridine rings is 1. The van der Waals surface area contributed by atoms with Gasteiger partial charge in [0, 0.05) is 24.5 Å². The normalized spacial score (nSPS) is 15.5. The van der Waals surface area contributed by atoms with E-state index in [2.05, 4.69) is 10.3 Å². The SMILES string of the molecule is CNC=CC(=N)N1C(=O)C(C)(C)c2ccc(-c3ccc(C)nc3)cc21. The fraction of sp³-hybridized carbons (Fsp3) is 0.250. The van der Waals surface area contributed by atoms with Gasteiger partial charge >= 0.3 is 0 Å². The van der Waals surface area contributed by atoms with Gasteiger partial charge in [0.05, 0.1) is 11.1 Å². The van der Waals surface area contributed by atoms with E-state index in [1.807, 2.05) is 57.3 Å². The fourth-order valence-corrected chi connectivity index (χ4v) is 3.04. The summed E-state index contributed by atoms with van der Waals surface area (Å²) in [6, 6.07) is 9.94. The molecule has 5 nitrogen and oxygen atoms in total. The van der Waals surface area contributed by atoms with E-state index in [1.54, 1.807) is 19.3 Å². The van der Waals surface area contributed by atoms with Gasteiger partial charge in [0.15, 0.2) is 0 Å². The maximum Gasteiger partial charge on any atom is 0.242 e. The van der Waals surface area contributed by atoms with Crippen LogP contribution >= 0.6 is 0 Å². The van der Waals surface area contributed by atoms with Gasteiger partial charge in [-0.25, -0.2) is 0 Å². The number of aryl methyl sites for hydroxylation is 1. The zero-order valence-electron chi connectivity index (χ0n) is 14.9. The molecule has 2 heterocycles. The smallest absolute Gasteiger partial charge is 0.242 e. The molecule has 2 N–H and O–H groups in total. The molecule has 0 saturated heterocycles. The molecule has 25 heavy (non-hydrogen) atoms. The van der Waals surface area contributed by atoms with E-state index in [4.69, 9.17) is 5.41 Å². The van der Waals surface area contributed by atoms with Gasteiger partial charge < -0.3 is 5.32 Å². The average Bonchev–Trinajstić information content (AvgIpc) is 2.79. The number of carbonyl (C=O) groups excluding carboxylic acids is 1. The number of nitrogens with one attached hydrogen (secondary N) is 2. The number of amidine groups is 1. The van der Waals surface area contributed by atoms with E-state index in [0.717, 1.165) is 28.1 Å². The van der Waals surface area contributed by atoms with E-state index in [0.29, 0.717) is 0 Å². The minimum atomic E-state index is -0.654. The summed E-state index contributed by atoms with van der Waals surface area (Å²) in [7, 11) is 1.76. The minimum Gasteiger partial charge on any atom is -0.394 e. The van der Waals surface area contributed by atoms with E-state index in [1.165, 1.54) is 4.90 Å². The number of hydrogen-bond donors (Lipinski definition) is 2. The predicted molar refractivity (Wildman–Crippen MR) is 101 cm³/mol. The molecule has 1 aliphatic heterocycles. The van der Waals surface area contributed by atoms with Crippen LogP contribution in [0.25, 0.3) is 11.1 Å². The van der Waals surface area contributed by atoms with Crippen molar-refractivity contribution in [2.45, 2.75) is 26.2 Å². The summed E-state index contributed by atoms with van der Waals surface area (Å²) in [5.41, 5.74) is 3.97. The topological polar surface area (TPSA) is 69.1 Å². The number of rotatable bonds is 3. The molecule has 0 saturated carbocycles. The first kappa shape index (κ1) is 16.9. The Morgan fingerprint density at radius 1 is 1.24 bits per heavy atom. The highest BCUT2D eigenvalue weighted by molar-refractivity contribution is 6.26. The second-order valence-electron chi connectivity index (χ2n) is 6.69. The van der Waals surface area contributed by atoms with Gasteiger partial charge in [-0.05, 0) is 56.3 Å². The summed E-state index contributed by atoms with van der Waals surface area (Å²) in [6.07, 6.45) is 5.06. The lowest BCUT2D eigenvalue weighted by Crippen LogP contribution is -2.39. The Balaban J connectivity index is 2.11. The molecule has 0 bridgehead atoms. The Bertz CT molecular complexity index is 866. The number of anilines is 1. The van der Waals surface area contributed by atoms with Gasteiger partial charge in [-0.2, -0.15) is 0 Å². The van der Waals surface area contributed by atoms with Crippen LogP contribution in [0.3, 0.4) is 0 Å². The molecule has 2 aromatic rings. The van der Waals surface area contributed by atoms with E-state index >= 15 is 0 Å². The van der Waals surface area contributed by atoms with Gasteiger partial charge in [-0.1, -0.05) is 18.2 Å². The molecule has 3 rings (SSSR count). The summed E-state index contributed by atoms with van der Waals surface area (Å²) in [5, 5.41) is 11.2. The standard InChI is InChI=1S/C20H22N4O/c1-13-5-6-15(12-23-13)14-7-8-16-17(11-14)24(18(21)9-10-22-4)19(25)20(16,2)3/h5-12,21-22H,1-4H3. The van der Waals surface area contributed by atoms with Crippen LogP contribution in [0.4, 0.5) is 5.69 Å². The highest BCUT2D eigenvalue weighted by Crippen LogP contribution is 2.43. The number of carbonyl (C=O) groups is 1. The monoisotopic (exact) mass is 334 g/mol. The highest BCUT2D eigenvalue weighted by Gasteiger charge is 2.45. The number of fused-ring (bicyclic) bond motifs is 1. The van der Waals surface area contributed by atoms with Gasteiger partial charge in [0.2, 0.25) is 5.91 Å². The summed E-state index contributed by atoms with van der Waals surface area (Å²) in [4.78, 5) is 18.7. The van der Waals surface area contributed by atoms with Crippen LogP contribution in [0.15, 0.2) is 48.8 Å². The highest BCUT2D eigenvalue weighted by atomic mass is 16.2. The molecule has 1 amide bonds. The summed E-state index contributed by atoms with van der Waals surface area (Å²) < 4.78 is 0. The Morgan fingerprint density at radius 3 is 2.60 bits per heavy atom. The maximum atomic E-state index is 12.9. The molecular weight excluding hydrogens is 312 g/mol. The van der Waals surface area contributed by atoms with Gasteiger partial charge in [0.1, 0.15) is 5.84 Å². The molecule has 5 heteroatoms. The van der Waals surface area contributed by atoms with E-state index in [-0.39, 0.29) is 11.7 Å². The number of hydrogen-bond acceptors (Lipinski definition) is 4. The van der Waals surface area contributed by atoms with Crippen LogP contribution in [-0.4, -0.2) is 23.8 Å². The Kier molecular flexibility index (Phi) is 4.17. The van der Waals surface area contributed by atoms with Crippen molar-refractivity contribution in [3.63, 3.8) is 0 Å². The largest absolute Gasteiger partial charge is 0.394 e. The Hall–Kier alpha value is -2.95. The first-order valence-electron chi connectivity index (χ1n) is 8.20. The zero-order valence-corrected chi connectivity index (χ0v) is 14.9. The molecular formula is C20H22N4O. The summed E-state index contributed by atoms with van der Waals surface area (Å²) in [5.74, 6) is 0.0535. The van der Waals surface area contributed by atoms with Crippen molar-refractivity contribution in [3.8, 4) is 11.1 Å². The molecule has 0 unspecified atom stereocenters. The second kappa shape index (κ2) is 6.16. The van der Waals surface area contributed by atoms with Gasteiger partial charge in [0.25, 0.3) is 0 Å². The lowest BCUT2D eigenvalue weighted by atomic mass is 9.85. The van der Waals surface area contributed by atoms with Crippen LogP contribution in [0.1, 0.15) is 25.1 Å². The van der Waals surface area contributed by atoms with E-state index in [9.17, 15) is 4.79 Å². The second-order valence-corrected chi connectivity index (χ2v) is 6.69. The Morgan fingerprint density at radius 2 is 1.96 bits per heavy atom. The third-order valence-electron chi connectivity index (χ3n) is 4.54. The average molecular weight is 334 g/mol. The van der Waals surface area contributed by atoms with Crippen LogP contribution in [0.5, 0.6) is 0 Å². The molecule has 0 radical (unpaired) electrons. The number of amides is 1.